The second kappa shape index (κ2) is 7.77. The first-order chi connectivity index (χ1) is 7.41. The standard InChI is InChI=1S/C7H8O3S.C4H11P/c1-6-2-4-7(5-3-6)11(8,9)10;1-2-3-4-5/h2-5H,1H3,(H,8,9,10);2-5H2,1H3. The smallest absolute Gasteiger partial charge is 0.282 e. The fourth-order valence-corrected chi connectivity index (χ4v) is 1.80. The Morgan fingerprint density at radius 1 is 1.25 bits per heavy atom. The third-order valence-electron chi connectivity index (χ3n) is 1.88. The van der Waals surface area contributed by atoms with Crippen molar-refractivity contribution in [2.24, 2.45) is 0 Å². The second-order valence-electron chi connectivity index (χ2n) is 3.43. The molecule has 1 N–H and O–H groups in total. The van der Waals surface area contributed by atoms with Crippen LogP contribution in [0.25, 0.3) is 0 Å². The van der Waals surface area contributed by atoms with Gasteiger partial charge in [-0.2, -0.15) is 8.42 Å². The van der Waals surface area contributed by atoms with E-state index in [4.69, 9.17) is 4.55 Å². The third kappa shape index (κ3) is 6.94. The van der Waals surface area contributed by atoms with E-state index in [9.17, 15) is 8.42 Å². The van der Waals surface area contributed by atoms with Gasteiger partial charge in [0.05, 0.1) is 4.90 Å². The lowest BCUT2D eigenvalue weighted by Gasteiger charge is -1.95. The minimum absolute atomic E-state index is 0.0666. The molecule has 1 aromatic rings. The highest BCUT2D eigenvalue weighted by Crippen LogP contribution is 2.08. The quantitative estimate of drug-likeness (QED) is 0.673. The van der Waals surface area contributed by atoms with Gasteiger partial charge in [0.25, 0.3) is 10.1 Å². The Balaban J connectivity index is 0.000000385. The van der Waals surface area contributed by atoms with E-state index in [0.29, 0.717) is 0 Å². The van der Waals surface area contributed by atoms with E-state index in [1.807, 2.05) is 6.92 Å². The summed E-state index contributed by atoms with van der Waals surface area (Å²) in [6.45, 7) is 4.04. The molecular formula is C11H19O3PS. The van der Waals surface area contributed by atoms with Crippen LogP contribution in [-0.2, 0) is 10.1 Å². The van der Waals surface area contributed by atoms with E-state index in [1.165, 1.54) is 31.1 Å². The van der Waals surface area contributed by atoms with E-state index in [1.54, 1.807) is 12.1 Å². The molecule has 5 heteroatoms. The largest absolute Gasteiger partial charge is 0.294 e. The maximum Gasteiger partial charge on any atom is 0.294 e. The Labute approximate surface area is 100 Å². The average Bonchev–Trinajstić information content (AvgIpc) is 2.19. The van der Waals surface area contributed by atoms with Crippen LogP contribution in [-0.4, -0.2) is 19.1 Å². The second-order valence-corrected chi connectivity index (χ2v) is 5.43. The summed E-state index contributed by atoms with van der Waals surface area (Å²) >= 11 is 0. The van der Waals surface area contributed by atoms with Gasteiger partial charge in [0.2, 0.25) is 0 Å². The maximum atomic E-state index is 10.5. The Bertz CT molecular complexity index is 382. The molecule has 0 fully saturated rings. The molecule has 1 atom stereocenters. The van der Waals surface area contributed by atoms with Crippen molar-refractivity contribution in [1.29, 1.82) is 0 Å². The normalized spacial score (nSPS) is 10.5. The molecule has 0 amide bonds. The van der Waals surface area contributed by atoms with Crippen molar-refractivity contribution in [3.63, 3.8) is 0 Å². The van der Waals surface area contributed by atoms with E-state index >= 15 is 0 Å². The predicted octanol–water partition coefficient (Wildman–Crippen LogP) is 2.90. The molecule has 0 heterocycles. The van der Waals surface area contributed by atoms with Crippen molar-refractivity contribution in [3.8, 4) is 0 Å². The number of rotatable bonds is 3. The predicted molar refractivity (Wildman–Crippen MR) is 70.5 cm³/mol. The van der Waals surface area contributed by atoms with E-state index < -0.39 is 10.1 Å². The van der Waals surface area contributed by atoms with Crippen molar-refractivity contribution in [1.82, 2.24) is 0 Å². The number of hydrogen-bond donors (Lipinski definition) is 1. The Kier molecular flexibility index (Phi) is 7.56. The van der Waals surface area contributed by atoms with Crippen LogP contribution in [0.1, 0.15) is 25.3 Å². The maximum absolute atomic E-state index is 10.5. The highest BCUT2D eigenvalue weighted by molar-refractivity contribution is 7.85. The molecule has 1 unspecified atom stereocenters. The van der Waals surface area contributed by atoms with Crippen LogP contribution in [0.4, 0.5) is 0 Å². The van der Waals surface area contributed by atoms with Crippen LogP contribution >= 0.6 is 9.24 Å². The monoisotopic (exact) mass is 262 g/mol. The number of hydrogen-bond acceptors (Lipinski definition) is 2. The van der Waals surface area contributed by atoms with E-state index in [0.717, 1.165) is 5.56 Å². The highest BCUT2D eigenvalue weighted by Gasteiger charge is 2.06. The Morgan fingerprint density at radius 2 is 1.75 bits per heavy atom. The van der Waals surface area contributed by atoms with Gasteiger partial charge in [-0.25, -0.2) is 0 Å². The van der Waals surface area contributed by atoms with Crippen molar-refractivity contribution in [2.75, 3.05) is 6.16 Å². The van der Waals surface area contributed by atoms with Crippen LogP contribution in [0.2, 0.25) is 0 Å². The SMILES string of the molecule is CCCCP.Cc1ccc(S(=O)(=O)O)cc1. The summed E-state index contributed by atoms with van der Waals surface area (Å²) in [5.41, 5.74) is 0.956. The summed E-state index contributed by atoms with van der Waals surface area (Å²) in [5, 5.41) is 0. The topological polar surface area (TPSA) is 54.4 Å². The molecule has 0 aliphatic heterocycles. The molecule has 0 aromatic heterocycles. The van der Waals surface area contributed by atoms with Crippen molar-refractivity contribution in [2.45, 2.75) is 31.6 Å². The Hall–Kier alpha value is -0.440. The summed E-state index contributed by atoms with van der Waals surface area (Å²) < 4.78 is 29.6. The zero-order valence-electron chi connectivity index (χ0n) is 9.68. The molecule has 0 saturated carbocycles. The van der Waals surface area contributed by atoms with Crippen LogP contribution < -0.4 is 0 Å². The van der Waals surface area contributed by atoms with Crippen LogP contribution in [0, 0.1) is 6.92 Å². The summed E-state index contributed by atoms with van der Waals surface area (Å²) in [6.07, 6.45) is 3.94. The Morgan fingerprint density at radius 3 is 2.00 bits per heavy atom. The summed E-state index contributed by atoms with van der Waals surface area (Å²) in [7, 11) is -1.32. The number of unbranched alkanes of at least 4 members (excludes halogenated alkanes) is 1. The van der Waals surface area contributed by atoms with Gasteiger partial charge in [-0.05, 0) is 25.2 Å². The van der Waals surface area contributed by atoms with Crippen LogP contribution in [0.3, 0.4) is 0 Å². The highest BCUT2D eigenvalue weighted by atomic mass is 32.2. The zero-order valence-corrected chi connectivity index (χ0v) is 11.7. The fraction of sp³-hybridized carbons (Fsp3) is 0.455. The van der Waals surface area contributed by atoms with E-state index in [2.05, 4.69) is 16.2 Å². The first kappa shape index (κ1) is 15.6. The summed E-state index contributed by atoms with van der Waals surface area (Å²) in [4.78, 5) is -0.0666. The molecule has 0 bridgehead atoms. The molecule has 0 saturated heterocycles. The summed E-state index contributed by atoms with van der Waals surface area (Å²) in [5.74, 6) is 0. The lowest BCUT2D eigenvalue weighted by atomic mass is 10.2. The van der Waals surface area contributed by atoms with Gasteiger partial charge in [-0.3, -0.25) is 4.55 Å². The summed E-state index contributed by atoms with van der Waals surface area (Å²) in [6, 6.07) is 5.99. The first-order valence-corrected chi connectivity index (χ1v) is 7.41. The molecule has 1 rings (SSSR count). The molecule has 0 aliphatic rings. The van der Waals surface area contributed by atoms with Gasteiger partial charge in [0.15, 0.2) is 0 Å². The molecule has 1 aromatic carbocycles. The van der Waals surface area contributed by atoms with Gasteiger partial charge in [0.1, 0.15) is 0 Å². The average molecular weight is 262 g/mol. The lowest BCUT2D eigenvalue weighted by molar-refractivity contribution is 0.483. The first-order valence-electron chi connectivity index (χ1n) is 5.16. The zero-order chi connectivity index (χ0) is 12.6. The molecule has 3 nitrogen and oxygen atoms in total. The van der Waals surface area contributed by atoms with Gasteiger partial charge >= 0.3 is 0 Å². The number of benzene rings is 1. The van der Waals surface area contributed by atoms with Gasteiger partial charge in [-0.1, -0.05) is 37.5 Å². The fourth-order valence-electron chi connectivity index (χ4n) is 0.914. The van der Waals surface area contributed by atoms with Gasteiger partial charge in [-0.15, -0.1) is 9.24 Å². The van der Waals surface area contributed by atoms with E-state index in [-0.39, 0.29) is 4.90 Å². The minimum atomic E-state index is -4.02. The minimum Gasteiger partial charge on any atom is -0.282 e. The van der Waals surface area contributed by atoms with Crippen molar-refractivity contribution >= 4 is 19.4 Å². The van der Waals surface area contributed by atoms with Crippen LogP contribution in [0.5, 0.6) is 0 Å². The molecule has 16 heavy (non-hydrogen) atoms. The van der Waals surface area contributed by atoms with Crippen molar-refractivity contribution in [3.05, 3.63) is 29.8 Å². The molecule has 0 spiro atoms. The molecule has 0 radical (unpaired) electrons. The van der Waals surface area contributed by atoms with Crippen molar-refractivity contribution < 1.29 is 13.0 Å². The molecule has 0 aliphatic carbocycles. The number of aryl methyl sites for hydroxylation is 1. The van der Waals surface area contributed by atoms with Crippen LogP contribution in [0.15, 0.2) is 29.2 Å². The van der Waals surface area contributed by atoms with Gasteiger partial charge in [0, 0.05) is 0 Å². The van der Waals surface area contributed by atoms with Gasteiger partial charge < -0.3 is 0 Å². The lowest BCUT2D eigenvalue weighted by Crippen LogP contribution is -1.96. The third-order valence-corrected chi connectivity index (χ3v) is 3.15. The molecular weight excluding hydrogens is 243 g/mol. The molecule has 92 valence electrons.